The monoisotopic (exact) mass is 387 g/mol. The number of nitrogens with one attached hydrogen (secondary N) is 1. The third-order valence-corrected chi connectivity index (χ3v) is 7.74. The van der Waals surface area contributed by atoms with Gasteiger partial charge in [0.1, 0.15) is 0 Å². The van der Waals surface area contributed by atoms with E-state index in [1.807, 2.05) is 12.1 Å². The number of carbonyl (C=O) groups excluding carboxylic acids is 1. The molecule has 0 atom stereocenters. The molecule has 146 valence electrons. The van der Waals surface area contributed by atoms with Gasteiger partial charge in [-0.1, -0.05) is 11.6 Å². The number of amides is 1. The van der Waals surface area contributed by atoms with E-state index in [0.717, 1.165) is 54.9 Å². The first kappa shape index (κ1) is 17.8. The van der Waals surface area contributed by atoms with Crippen LogP contribution in [0.2, 0.25) is 5.02 Å². The van der Waals surface area contributed by atoms with E-state index < -0.39 is 0 Å². The molecule has 4 nitrogen and oxygen atoms in total. The standard InChI is InChI=1S/C22H30ClN3O/c23-19-1-3-20(4-2-19)26-7-5-25(6-8-26)14-21(27)24-22-17-10-15-9-16(12-17)13-18(22)11-15/h1-4,15-18,22H,5-14H2,(H,24,27). The third-order valence-electron chi connectivity index (χ3n) is 7.49. The smallest absolute Gasteiger partial charge is 0.234 e. The minimum Gasteiger partial charge on any atom is -0.369 e. The Hall–Kier alpha value is -1.26. The first-order valence-corrected chi connectivity index (χ1v) is 11.0. The second-order valence-corrected chi connectivity index (χ2v) is 9.70. The number of halogens is 1. The molecule has 0 spiro atoms. The molecular weight excluding hydrogens is 358 g/mol. The highest BCUT2D eigenvalue weighted by atomic mass is 35.5. The number of benzene rings is 1. The van der Waals surface area contributed by atoms with Crippen LogP contribution in [-0.2, 0) is 4.79 Å². The summed E-state index contributed by atoms with van der Waals surface area (Å²) in [6.07, 6.45) is 6.90. The second-order valence-electron chi connectivity index (χ2n) is 9.26. The lowest BCUT2D eigenvalue weighted by atomic mass is 9.54. The zero-order valence-electron chi connectivity index (χ0n) is 15.9. The Balaban J connectivity index is 1.11. The van der Waals surface area contributed by atoms with E-state index in [2.05, 4.69) is 27.2 Å². The van der Waals surface area contributed by atoms with Crippen molar-refractivity contribution in [3.63, 3.8) is 0 Å². The maximum atomic E-state index is 12.7. The first-order valence-electron chi connectivity index (χ1n) is 10.7. The molecular formula is C22H30ClN3O. The molecule has 5 fully saturated rings. The van der Waals surface area contributed by atoms with Gasteiger partial charge < -0.3 is 10.2 Å². The van der Waals surface area contributed by atoms with E-state index in [0.29, 0.717) is 12.6 Å². The molecule has 5 heteroatoms. The normalized spacial score (nSPS) is 35.4. The van der Waals surface area contributed by atoms with Gasteiger partial charge in [0, 0.05) is 42.9 Å². The van der Waals surface area contributed by atoms with Crippen LogP contribution in [0.3, 0.4) is 0 Å². The SMILES string of the molecule is O=C(CN1CCN(c2ccc(Cl)cc2)CC1)NC1C2CC3CC(C2)CC1C3. The Morgan fingerprint density at radius 1 is 0.926 bits per heavy atom. The van der Waals surface area contributed by atoms with Gasteiger partial charge >= 0.3 is 0 Å². The molecule has 4 saturated carbocycles. The summed E-state index contributed by atoms with van der Waals surface area (Å²) in [6.45, 7) is 4.37. The van der Waals surface area contributed by atoms with Crippen LogP contribution in [0.4, 0.5) is 5.69 Å². The molecule has 1 aromatic carbocycles. The van der Waals surface area contributed by atoms with Crippen LogP contribution in [0, 0.1) is 23.7 Å². The fourth-order valence-electron chi connectivity index (χ4n) is 6.41. The molecule has 4 bridgehead atoms. The molecule has 6 rings (SSSR count). The van der Waals surface area contributed by atoms with Crippen molar-refractivity contribution in [1.82, 2.24) is 10.2 Å². The predicted octanol–water partition coefficient (Wildman–Crippen LogP) is 3.40. The molecule has 1 heterocycles. The van der Waals surface area contributed by atoms with E-state index in [1.165, 1.54) is 37.8 Å². The minimum atomic E-state index is 0.243. The predicted molar refractivity (Wildman–Crippen MR) is 109 cm³/mol. The number of rotatable bonds is 4. The summed E-state index contributed by atoms with van der Waals surface area (Å²) in [5.74, 6) is 3.68. The van der Waals surface area contributed by atoms with Gasteiger partial charge in [-0.3, -0.25) is 9.69 Å². The lowest BCUT2D eigenvalue weighted by Gasteiger charge is -2.54. The molecule has 0 unspecified atom stereocenters. The largest absolute Gasteiger partial charge is 0.369 e. The van der Waals surface area contributed by atoms with Crippen molar-refractivity contribution >= 4 is 23.2 Å². The van der Waals surface area contributed by atoms with Crippen molar-refractivity contribution in [3.05, 3.63) is 29.3 Å². The molecule has 1 saturated heterocycles. The van der Waals surface area contributed by atoms with Gasteiger partial charge in [0.05, 0.1) is 6.54 Å². The number of hydrogen-bond acceptors (Lipinski definition) is 3. The lowest BCUT2D eigenvalue weighted by molar-refractivity contribution is -0.126. The molecule has 0 radical (unpaired) electrons. The third kappa shape index (κ3) is 3.71. The fraction of sp³-hybridized carbons (Fsp3) is 0.682. The summed E-state index contributed by atoms with van der Waals surface area (Å²) < 4.78 is 0. The number of piperazine rings is 1. The molecule has 1 aromatic rings. The van der Waals surface area contributed by atoms with Gasteiger partial charge in [-0.15, -0.1) is 0 Å². The van der Waals surface area contributed by atoms with Crippen LogP contribution < -0.4 is 10.2 Å². The first-order chi connectivity index (χ1) is 13.1. The highest BCUT2D eigenvalue weighted by Crippen LogP contribution is 2.53. The maximum absolute atomic E-state index is 12.7. The van der Waals surface area contributed by atoms with Gasteiger partial charge in [-0.25, -0.2) is 0 Å². The van der Waals surface area contributed by atoms with Gasteiger partial charge in [-0.05, 0) is 80.0 Å². The highest BCUT2D eigenvalue weighted by Gasteiger charge is 2.48. The van der Waals surface area contributed by atoms with Crippen LogP contribution in [0.25, 0.3) is 0 Å². The molecule has 1 amide bonds. The fourth-order valence-corrected chi connectivity index (χ4v) is 6.54. The minimum absolute atomic E-state index is 0.243. The van der Waals surface area contributed by atoms with E-state index in [-0.39, 0.29) is 5.91 Å². The van der Waals surface area contributed by atoms with Crippen LogP contribution in [0.1, 0.15) is 32.1 Å². The summed E-state index contributed by atoms with van der Waals surface area (Å²) in [6, 6.07) is 8.51. The summed E-state index contributed by atoms with van der Waals surface area (Å²) in [7, 11) is 0. The van der Waals surface area contributed by atoms with E-state index in [9.17, 15) is 4.79 Å². The molecule has 27 heavy (non-hydrogen) atoms. The van der Waals surface area contributed by atoms with Crippen LogP contribution in [0.5, 0.6) is 0 Å². The Morgan fingerprint density at radius 2 is 1.52 bits per heavy atom. The lowest BCUT2D eigenvalue weighted by Crippen LogP contribution is -2.57. The van der Waals surface area contributed by atoms with Gasteiger partial charge in [0.2, 0.25) is 5.91 Å². The van der Waals surface area contributed by atoms with Crippen LogP contribution in [-0.4, -0.2) is 49.6 Å². The van der Waals surface area contributed by atoms with Gasteiger partial charge in [0.25, 0.3) is 0 Å². The van der Waals surface area contributed by atoms with Crippen molar-refractivity contribution in [2.24, 2.45) is 23.7 Å². The Kier molecular flexibility index (Phi) is 4.81. The number of nitrogens with zero attached hydrogens (tertiary/aromatic N) is 2. The maximum Gasteiger partial charge on any atom is 0.234 e. The quantitative estimate of drug-likeness (QED) is 0.860. The molecule has 4 aliphatic carbocycles. The number of carbonyl (C=O) groups is 1. The van der Waals surface area contributed by atoms with Crippen LogP contribution in [0.15, 0.2) is 24.3 Å². The number of anilines is 1. The summed E-state index contributed by atoms with van der Waals surface area (Å²) in [5, 5.41) is 4.23. The van der Waals surface area contributed by atoms with Crippen molar-refractivity contribution in [2.75, 3.05) is 37.6 Å². The van der Waals surface area contributed by atoms with Crippen molar-refractivity contribution in [2.45, 2.75) is 38.1 Å². The second kappa shape index (κ2) is 7.29. The summed E-state index contributed by atoms with van der Waals surface area (Å²) in [5.41, 5.74) is 1.22. The van der Waals surface area contributed by atoms with Crippen molar-refractivity contribution in [1.29, 1.82) is 0 Å². The molecule has 1 aliphatic heterocycles. The van der Waals surface area contributed by atoms with Crippen molar-refractivity contribution in [3.8, 4) is 0 Å². The Morgan fingerprint density at radius 3 is 2.11 bits per heavy atom. The average Bonchev–Trinajstić information content (AvgIpc) is 2.65. The number of hydrogen-bond donors (Lipinski definition) is 1. The topological polar surface area (TPSA) is 35.6 Å². The van der Waals surface area contributed by atoms with Crippen molar-refractivity contribution < 1.29 is 4.79 Å². The molecule has 0 aromatic heterocycles. The molecule has 1 N–H and O–H groups in total. The Labute approximate surface area is 167 Å². The zero-order chi connectivity index (χ0) is 18.4. The van der Waals surface area contributed by atoms with E-state index in [4.69, 9.17) is 11.6 Å². The van der Waals surface area contributed by atoms with Gasteiger partial charge in [0.15, 0.2) is 0 Å². The summed E-state index contributed by atoms with van der Waals surface area (Å²) >= 11 is 5.99. The van der Waals surface area contributed by atoms with E-state index in [1.54, 1.807) is 0 Å². The Bertz CT molecular complexity index is 655. The van der Waals surface area contributed by atoms with Crippen LogP contribution >= 0.6 is 11.6 Å². The summed E-state index contributed by atoms with van der Waals surface area (Å²) in [4.78, 5) is 17.4. The average molecular weight is 388 g/mol. The highest BCUT2D eigenvalue weighted by molar-refractivity contribution is 6.30. The molecule has 5 aliphatic rings. The zero-order valence-corrected chi connectivity index (χ0v) is 16.7. The van der Waals surface area contributed by atoms with Gasteiger partial charge in [-0.2, -0.15) is 0 Å². The van der Waals surface area contributed by atoms with E-state index >= 15 is 0 Å².